The van der Waals surface area contributed by atoms with E-state index in [0.29, 0.717) is 0 Å². The van der Waals surface area contributed by atoms with Gasteiger partial charge in [-0.15, -0.1) is 0 Å². The maximum absolute atomic E-state index is 2.40. The third kappa shape index (κ3) is 6.85. The van der Waals surface area contributed by atoms with E-state index in [1.807, 2.05) is 0 Å². The van der Waals surface area contributed by atoms with E-state index in [2.05, 4.69) is 278 Å². The van der Waals surface area contributed by atoms with Crippen molar-refractivity contribution < 1.29 is 0 Å². The van der Waals surface area contributed by atoms with Gasteiger partial charge in [0.15, 0.2) is 0 Å². The SMILES string of the molecule is c1ccc2cc3c(cc2c1)c(-c1ccc(N(c2ccc(-c4cc5ccccc5c5cc6ccccc6cc45)cc2)c2ccc(-c4cc5ccccc5c5cc6ccccc6cc45)cc2)cc1)cc1ccccc13. The minimum atomic E-state index is 1.09. The minimum Gasteiger partial charge on any atom is -0.311 e. The van der Waals surface area contributed by atoms with Gasteiger partial charge in [-0.1, -0.05) is 182 Å². The lowest BCUT2D eigenvalue weighted by Gasteiger charge is -2.26. The zero-order valence-corrected chi connectivity index (χ0v) is 39.9. The second-order valence-corrected chi connectivity index (χ2v) is 19.6. The fraction of sp³-hybridized carbons (Fsp3) is 0. The summed E-state index contributed by atoms with van der Waals surface area (Å²) in [6.07, 6.45) is 0. The molecule has 0 radical (unpaired) electrons. The Hall–Kier alpha value is -9.56. The molecule has 0 N–H and O–H groups in total. The van der Waals surface area contributed by atoms with Gasteiger partial charge in [0.2, 0.25) is 0 Å². The number of nitrogens with zero attached hydrogens (tertiary/aromatic N) is 1. The van der Waals surface area contributed by atoms with Gasteiger partial charge in [0.1, 0.15) is 0 Å². The Bertz CT molecular complexity index is 4220. The molecule has 1 heteroatoms. The molecule has 0 bridgehead atoms. The molecule has 0 heterocycles. The molecule has 0 aliphatic heterocycles. The topological polar surface area (TPSA) is 3.24 Å². The van der Waals surface area contributed by atoms with E-state index in [9.17, 15) is 0 Å². The summed E-state index contributed by atoms with van der Waals surface area (Å²) in [4.78, 5) is 2.40. The van der Waals surface area contributed by atoms with Crippen LogP contribution in [-0.2, 0) is 0 Å². The van der Waals surface area contributed by atoms with Crippen LogP contribution in [0.15, 0.2) is 273 Å². The summed E-state index contributed by atoms with van der Waals surface area (Å²) >= 11 is 0. The molecule has 1 nitrogen and oxygen atoms in total. The first-order valence-electron chi connectivity index (χ1n) is 25.3. The summed E-state index contributed by atoms with van der Waals surface area (Å²) < 4.78 is 0. The maximum atomic E-state index is 2.40. The lowest BCUT2D eigenvalue weighted by atomic mass is 9.91. The average molecular weight is 924 g/mol. The molecule has 15 aromatic rings. The van der Waals surface area contributed by atoms with Crippen LogP contribution in [0.3, 0.4) is 0 Å². The normalized spacial score (nSPS) is 11.8. The predicted molar refractivity (Wildman–Crippen MR) is 315 cm³/mol. The Labute approximate surface area is 423 Å². The number of rotatable bonds is 6. The molecule has 73 heavy (non-hydrogen) atoms. The van der Waals surface area contributed by atoms with Crippen molar-refractivity contribution in [2.45, 2.75) is 0 Å². The van der Waals surface area contributed by atoms with E-state index in [4.69, 9.17) is 0 Å². The van der Waals surface area contributed by atoms with E-state index >= 15 is 0 Å². The molecule has 0 saturated carbocycles. The maximum Gasteiger partial charge on any atom is 0.0462 e. The van der Waals surface area contributed by atoms with Crippen molar-refractivity contribution in [2.75, 3.05) is 4.90 Å². The molecular formula is C72H45N. The van der Waals surface area contributed by atoms with E-state index in [1.54, 1.807) is 0 Å². The Morgan fingerprint density at radius 2 is 0.384 bits per heavy atom. The molecule has 0 atom stereocenters. The third-order valence-corrected chi connectivity index (χ3v) is 15.5. The van der Waals surface area contributed by atoms with Gasteiger partial charge >= 0.3 is 0 Å². The molecule has 338 valence electrons. The van der Waals surface area contributed by atoms with Gasteiger partial charge in [-0.25, -0.2) is 0 Å². The number of anilines is 3. The van der Waals surface area contributed by atoms with Crippen molar-refractivity contribution >= 4 is 114 Å². The molecule has 15 aromatic carbocycles. The second-order valence-electron chi connectivity index (χ2n) is 19.6. The smallest absolute Gasteiger partial charge is 0.0462 e. The van der Waals surface area contributed by atoms with Crippen LogP contribution >= 0.6 is 0 Å². The summed E-state index contributed by atoms with van der Waals surface area (Å²) in [7, 11) is 0. The first-order chi connectivity index (χ1) is 36.1. The van der Waals surface area contributed by atoms with Gasteiger partial charge in [-0.2, -0.15) is 0 Å². The number of fused-ring (bicyclic) bond motifs is 12. The summed E-state index contributed by atoms with van der Waals surface area (Å²) in [5.74, 6) is 0. The molecule has 0 aromatic heterocycles. The van der Waals surface area contributed by atoms with Gasteiger partial charge in [0, 0.05) is 17.1 Å². The lowest BCUT2D eigenvalue weighted by molar-refractivity contribution is 1.28. The number of benzene rings is 15. The fourth-order valence-electron chi connectivity index (χ4n) is 11.9. The first kappa shape index (κ1) is 41.2. The van der Waals surface area contributed by atoms with Crippen LogP contribution in [0.5, 0.6) is 0 Å². The summed E-state index contributed by atoms with van der Waals surface area (Å²) in [6, 6.07) is 101. The van der Waals surface area contributed by atoms with E-state index in [-0.39, 0.29) is 0 Å². The average Bonchev–Trinajstić information content (AvgIpc) is 3.46. The van der Waals surface area contributed by atoms with Crippen LogP contribution in [0.25, 0.3) is 130 Å². The summed E-state index contributed by atoms with van der Waals surface area (Å²) in [5.41, 5.74) is 10.5. The molecule has 15 rings (SSSR count). The van der Waals surface area contributed by atoms with E-state index in [1.165, 1.54) is 130 Å². The van der Waals surface area contributed by atoms with Gasteiger partial charge in [-0.05, 0) is 221 Å². The second kappa shape index (κ2) is 16.5. The quantitative estimate of drug-likeness (QED) is 0.119. The van der Waals surface area contributed by atoms with Gasteiger partial charge in [-0.3, -0.25) is 0 Å². The van der Waals surface area contributed by atoms with Crippen LogP contribution in [0.2, 0.25) is 0 Å². The zero-order valence-electron chi connectivity index (χ0n) is 39.9. The summed E-state index contributed by atoms with van der Waals surface area (Å²) in [6.45, 7) is 0. The number of hydrogen-bond donors (Lipinski definition) is 0. The van der Waals surface area contributed by atoms with Crippen LogP contribution in [0, 0.1) is 0 Å². The molecule has 0 spiro atoms. The van der Waals surface area contributed by atoms with Crippen molar-refractivity contribution in [1.82, 2.24) is 0 Å². The first-order valence-corrected chi connectivity index (χ1v) is 25.3. The molecular weight excluding hydrogens is 879 g/mol. The largest absolute Gasteiger partial charge is 0.311 e. The molecule has 0 saturated heterocycles. The molecule has 0 aliphatic carbocycles. The van der Waals surface area contributed by atoms with Crippen molar-refractivity contribution in [2.24, 2.45) is 0 Å². The predicted octanol–water partition coefficient (Wildman–Crippen LogP) is 20.5. The standard InChI is InChI=1S/C72H45N/c1-4-16-52-40-70-64(43-55-19-7-10-22-61(55)67(70)37-49(52)13-1)46-25-31-58(32-26-46)73(59-33-27-47(28-34-59)65-44-56-20-8-11-23-62(56)68-38-50-14-2-5-17-53(50)41-71(65)68)60-35-29-48(30-36-60)66-45-57-21-9-12-24-63(57)69-39-51-15-3-6-18-54(51)42-72(66)69/h1-45H. The number of hydrogen-bond acceptors (Lipinski definition) is 1. The van der Waals surface area contributed by atoms with Crippen LogP contribution in [-0.4, -0.2) is 0 Å². The van der Waals surface area contributed by atoms with Crippen LogP contribution < -0.4 is 4.90 Å². The highest BCUT2D eigenvalue weighted by atomic mass is 15.1. The Morgan fingerprint density at radius 1 is 0.164 bits per heavy atom. The molecule has 0 fully saturated rings. The fourth-order valence-corrected chi connectivity index (χ4v) is 11.9. The highest BCUT2D eigenvalue weighted by Gasteiger charge is 2.18. The highest BCUT2D eigenvalue weighted by Crippen LogP contribution is 2.44. The Balaban J connectivity index is 0.882. The minimum absolute atomic E-state index is 1.09. The van der Waals surface area contributed by atoms with Crippen molar-refractivity contribution in [3.63, 3.8) is 0 Å². The highest BCUT2D eigenvalue weighted by molar-refractivity contribution is 6.20. The van der Waals surface area contributed by atoms with E-state index in [0.717, 1.165) is 17.1 Å². The molecule has 0 aliphatic rings. The van der Waals surface area contributed by atoms with Crippen LogP contribution in [0.4, 0.5) is 17.1 Å². The van der Waals surface area contributed by atoms with Gasteiger partial charge < -0.3 is 4.90 Å². The third-order valence-electron chi connectivity index (χ3n) is 15.5. The van der Waals surface area contributed by atoms with Crippen molar-refractivity contribution in [3.8, 4) is 33.4 Å². The van der Waals surface area contributed by atoms with Crippen molar-refractivity contribution in [1.29, 1.82) is 0 Å². The van der Waals surface area contributed by atoms with E-state index < -0.39 is 0 Å². The van der Waals surface area contributed by atoms with Gasteiger partial charge in [0.05, 0.1) is 0 Å². The molecule has 0 amide bonds. The van der Waals surface area contributed by atoms with Crippen LogP contribution in [0.1, 0.15) is 0 Å². The van der Waals surface area contributed by atoms with Crippen molar-refractivity contribution in [3.05, 3.63) is 273 Å². The summed E-state index contributed by atoms with van der Waals surface area (Å²) in [5, 5.41) is 22.7. The van der Waals surface area contributed by atoms with Gasteiger partial charge in [0.25, 0.3) is 0 Å². The Kier molecular flexibility index (Phi) is 9.33. The zero-order chi connectivity index (χ0) is 48.0. The lowest BCUT2D eigenvalue weighted by Crippen LogP contribution is -2.09. The Morgan fingerprint density at radius 3 is 0.644 bits per heavy atom. The molecule has 0 unspecified atom stereocenters. The monoisotopic (exact) mass is 923 g/mol.